The standard InChI is InChI=1S/C16H25N3O/c1-12(14-7-9-18-10-8-14)19(2)16(20)15-5-3-13(11-17)4-6-15/h7-10,12-13,15H,3-6,11,17H2,1-2H3. The Bertz CT molecular complexity index is 427. The maximum absolute atomic E-state index is 12.6. The lowest BCUT2D eigenvalue weighted by Gasteiger charge is -2.33. The van der Waals surface area contributed by atoms with Crippen LogP contribution in [0.25, 0.3) is 0 Å². The summed E-state index contributed by atoms with van der Waals surface area (Å²) in [5.41, 5.74) is 6.84. The third kappa shape index (κ3) is 3.37. The van der Waals surface area contributed by atoms with E-state index < -0.39 is 0 Å². The molecule has 1 atom stereocenters. The molecule has 0 radical (unpaired) electrons. The maximum Gasteiger partial charge on any atom is 0.225 e. The lowest BCUT2D eigenvalue weighted by Crippen LogP contribution is -2.37. The van der Waals surface area contributed by atoms with E-state index in [0.29, 0.717) is 5.92 Å². The van der Waals surface area contributed by atoms with E-state index >= 15 is 0 Å². The molecule has 1 aliphatic carbocycles. The first kappa shape index (κ1) is 15.0. The summed E-state index contributed by atoms with van der Waals surface area (Å²) in [6.07, 6.45) is 7.68. The number of hydrogen-bond acceptors (Lipinski definition) is 3. The van der Waals surface area contributed by atoms with Crippen LogP contribution < -0.4 is 5.73 Å². The van der Waals surface area contributed by atoms with Crippen molar-refractivity contribution in [1.82, 2.24) is 9.88 Å². The second-order valence-electron chi connectivity index (χ2n) is 5.86. The zero-order valence-electron chi connectivity index (χ0n) is 12.5. The highest BCUT2D eigenvalue weighted by atomic mass is 16.2. The SMILES string of the molecule is CC(c1ccncc1)N(C)C(=O)C1CCC(CN)CC1. The van der Waals surface area contributed by atoms with Gasteiger partial charge >= 0.3 is 0 Å². The second kappa shape index (κ2) is 6.84. The minimum absolute atomic E-state index is 0.0951. The van der Waals surface area contributed by atoms with E-state index in [4.69, 9.17) is 5.73 Å². The smallest absolute Gasteiger partial charge is 0.225 e. The molecule has 1 heterocycles. The molecule has 4 nitrogen and oxygen atoms in total. The number of pyridine rings is 1. The average molecular weight is 275 g/mol. The van der Waals surface area contributed by atoms with Gasteiger partial charge in [0.1, 0.15) is 0 Å². The monoisotopic (exact) mass is 275 g/mol. The average Bonchev–Trinajstić information content (AvgIpc) is 2.53. The van der Waals surface area contributed by atoms with Gasteiger partial charge in [-0.25, -0.2) is 0 Å². The predicted octanol–water partition coefficient (Wildman–Crippen LogP) is 2.37. The number of carbonyl (C=O) groups excluding carboxylic acids is 1. The summed E-state index contributed by atoms with van der Waals surface area (Å²) in [6.45, 7) is 2.82. The summed E-state index contributed by atoms with van der Waals surface area (Å²) in [7, 11) is 1.91. The van der Waals surface area contributed by atoms with Crippen molar-refractivity contribution in [3.8, 4) is 0 Å². The second-order valence-corrected chi connectivity index (χ2v) is 5.86. The van der Waals surface area contributed by atoms with Crippen LogP contribution in [0.3, 0.4) is 0 Å². The lowest BCUT2D eigenvalue weighted by atomic mass is 9.81. The van der Waals surface area contributed by atoms with Crippen molar-refractivity contribution < 1.29 is 4.79 Å². The molecular weight excluding hydrogens is 250 g/mol. The van der Waals surface area contributed by atoms with Gasteiger partial charge in [-0.3, -0.25) is 9.78 Å². The fourth-order valence-electron chi connectivity index (χ4n) is 2.99. The van der Waals surface area contributed by atoms with Crippen LogP contribution in [-0.2, 0) is 4.79 Å². The zero-order valence-corrected chi connectivity index (χ0v) is 12.5. The van der Waals surface area contributed by atoms with Gasteiger partial charge in [-0.05, 0) is 62.8 Å². The topological polar surface area (TPSA) is 59.2 Å². The summed E-state index contributed by atoms with van der Waals surface area (Å²) < 4.78 is 0. The first-order valence-electron chi connectivity index (χ1n) is 7.50. The molecule has 0 spiro atoms. The molecule has 0 aromatic carbocycles. The molecule has 2 rings (SSSR count). The van der Waals surface area contributed by atoms with Gasteiger partial charge < -0.3 is 10.6 Å². The molecule has 1 aromatic rings. The third-order valence-corrected chi connectivity index (χ3v) is 4.65. The van der Waals surface area contributed by atoms with Gasteiger partial charge in [0, 0.05) is 25.4 Å². The normalized spacial score (nSPS) is 24.1. The van der Waals surface area contributed by atoms with E-state index in [9.17, 15) is 4.79 Å². The van der Waals surface area contributed by atoms with E-state index in [0.717, 1.165) is 37.8 Å². The number of hydrogen-bond donors (Lipinski definition) is 1. The first-order valence-corrected chi connectivity index (χ1v) is 7.50. The van der Waals surface area contributed by atoms with Crippen molar-refractivity contribution in [1.29, 1.82) is 0 Å². The van der Waals surface area contributed by atoms with E-state index in [1.165, 1.54) is 0 Å². The minimum Gasteiger partial charge on any atom is -0.339 e. The van der Waals surface area contributed by atoms with Gasteiger partial charge in [0.15, 0.2) is 0 Å². The Morgan fingerprint density at radius 2 is 1.95 bits per heavy atom. The van der Waals surface area contributed by atoms with Gasteiger partial charge in [0.05, 0.1) is 6.04 Å². The number of carbonyl (C=O) groups is 1. The van der Waals surface area contributed by atoms with Crippen LogP contribution in [0.4, 0.5) is 0 Å². The first-order chi connectivity index (χ1) is 9.63. The minimum atomic E-state index is 0.0951. The molecule has 1 unspecified atom stereocenters. The van der Waals surface area contributed by atoms with Crippen molar-refractivity contribution in [3.63, 3.8) is 0 Å². The molecular formula is C16H25N3O. The van der Waals surface area contributed by atoms with E-state index in [-0.39, 0.29) is 17.9 Å². The van der Waals surface area contributed by atoms with Gasteiger partial charge in [-0.1, -0.05) is 0 Å². The highest BCUT2D eigenvalue weighted by Gasteiger charge is 2.29. The van der Waals surface area contributed by atoms with E-state index in [2.05, 4.69) is 11.9 Å². The molecule has 110 valence electrons. The van der Waals surface area contributed by atoms with Gasteiger partial charge in [-0.15, -0.1) is 0 Å². The van der Waals surface area contributed by atoms with Crippen LogP contribution >= 0.6 is 0 Å². The summed E-state index contributed by atoms with van der Waals surface area (Å²) in [5, 5.41) is 0. The summed E-state index contributed by atoms with van der Waals surface area (Å²) >= 11 is 0. The van der Waals surface area contributed by atoms with Crippen LogP contribution in [0.15, 0.2) is 24.5 Å². The largest absolute Gasteiger partial charge is 0.339 e. The molecule has 0 saturated heterocycles. The fourth-order valence-corrected chi connectivity index (χ4v) is 2.99. The van der Waals surface area contributed by atoms with Crippen LogP contribution in [0.1, 0.15) is 44.2 Å². The van der Waals surface area contributed by atoms with Crippen molar-refractivity contribution in [2.75, 3.05) is 13.6 Å². The molecule has 0 aliphatic heterocycles. The molecule has 1 fully saturated rings. The van der Waals surface area contributed by atoms with Crippen molar-refractivity contribution in [2.45, 2.75) is 38.6 Å². The Labute approximate surface area is 121 Å². The molecule has 1 saturated carbocycles. The summed E-state index contributed by atoms with van der Waals surface area (Å²) in [4.78, 5) is 18.5. The van der Waals surface area contributed by atoms with Crippen LogP contribution in [0.2, 0.25) is 0 Å². The number of nitrogens with two attached hydrogens (primary N) is 1. The maximum atomic E-state index is 12.6. The van der Waals surface area contributed by atoms with Crippen LogP contribution in [-0.4, -0.2) is 29.4 Å². The van der Waals surface area contributed by atoms with Crippen LogP contribution in [0.5, 0.6) is 0 Å². The number of nitrogens with zero attached hydrogens (tertiary/aromatic N) is 2. The molecule has 0 bridgehead atoms. The van der Waals surface area contributed by atoms with Crippen molar-refractivity contribution in [3.05, 3.63) is 30.1 Å². The molecule has 1 amide bonds. The fraction of sp³-hybridized carbons (Fsp3) is 0.625. The number of amides is 1. The van der Waals surface area contributed by atoms with Gasteiger partial charge in [0.25, 0.3) is 0 Å². The van der Waals surface area contributed by atoms with Gasteiger partial charge in [0.2, 0.25) is 5.91 Å². The van der Waals surface area contributed by atoms with E-state index in [1.54, 1.807) is 12.4 Å². The molecule has 1 aromatic heterocycles. The molecule has 4 heteroatoms. The molecule has 2 N–H and O–H groups in total. The Balaban J connectivity index is 1.95. The van der Waals surface area contributed by atoms with Crippen molar-refractivity contribution in [2.24, 2.45) is 17.6 Å². The highest BCUT2D eigenvalue weighted by molar-refractivity contribution is 5.79. The lowest BCUT2D eigenvalue weighted by molar-refractivity contribution is -0.137. The Morgan fingerprint density at radius 3 is 2.50 bits per heavy atom. The Morgan fingerprint density at radius 1 is 1.35 bits per heavy atom. The summed E-state index contributed by atoms with van der Waals surface area (Å²) in [5.74, 6) is 1.05. The number of aromatic nitrogens is 1. The molecule has 20 heavy (non-hydrogen) atoms. The van der Waals surface area contributed by atoms with Gasteiger partial charge in [-0.2, -0.15) is 0 Å². The zero-order chi connectivity index (χ0) is 14.5. The quantitative estimate of drug-likeness (QED) is 0.917. The Hall–Kier alpha value is -1.42. The molecule has 1 aliphatic rings. The highest BCUT2D eigenvalue weighted by Crippen LogP contribution is 2.31. The summed E-state index contributed by atoms with van der Waals surface area (Å²) in [6, 6.07) is 4.04. The Kier molecular flexibility index (Phi) is 5.12. The predicted molar refractivity (Wildman–Crippen MR) is 79.9 cm³/mol. The van der Waals surface area contributed by atoms with E-state index in [1.807, 2.05) is 24.1 Å². The van der Waals surface area contributed by atoms with Crippen LogP contribution in [0, 0.1) is 11.8 Å². The van der Waals surface area contributed by atoms with Crippen molar-refractivity contribution >= 4 is 5.91 Å². The third-order valence-electron chi connectivity index (χ3n) is 4.65. The number of rotatable bonds is 4.